The smallest absolute Gasteiger partial charge is 0.0377 e. The molecule has 0 heterocycles. The number of benzene rings is 1. The molecule has 2 N–H and O–H groups in total. The van der Waals surface area contributed by atoms with Crippen LogP contribution in [0.1, 0.15) is 38.2 Å². The maximum Gasteiger partial charge on any atom is 0.0377 e. The summed E-state index contributed by atoms with van der Waals surface area (Å²) in [5, 5.41) is 0. The maximum atomic E-state index is 5.63. The molecule has 1 aliphatic carbocycles. The summed E-state index contributed by atoms with van der Waals surface area (Å²) in [7, 11) is 2.23. The van der Waals surface area contributed by atoms with Crippen LogP contribution >= 0.6 is 15.9 Å². The van der Waals surface area contributed by atoms with Gasteiger partial charge in [-0.15, -0.1) is 0 Å². The van der Waals surface area contributed by atoms with Gasteiger partial charge in [0.15, 0.2) is 0 Å². The van der Waals surface area contributed by atoms with Gasteiger partial charge in [-0.1, -0.05) is 28.9 Å². The maximum absolute atomic E-state index is 5.63. The van der Waals surface area contributed by atoms with E-state index in [1.165, 1.54) is 41.4 Å². The van der Waals surface area contributed by atoms with Gasteiger partial charge < -0.3 is 10.6 Å². The molecule has 0 aliphatic heterocycles. The fraction of sp³-hybridized carbons (Fsp3) is 0.625. The van der Waals surface area contributed by atoms with Gasteiger partial charge in [0, 0.05) is 23.2 Å². The van der Waals surface area contributed by atoms with E-state index in [0.29, 0.717) is 12.6 Å². The Kier molecular flexibility index (Phi) is 5.28. The molecule has 19 heavy (non-hydrogen) atoms. The molecule has 0 saturated heterocycles. The van der Waals surface area contributed by atoms with Crippen LogP contribution in [0.3, 0.4) is 0 Å². The van der Waals surface area contributed by atoms with Gasteiger partial charge in [-0.05, 0) is 62.3 Å². The van der Waals surface area contributed by atoms with E-state index in [2.05, 4.69) is 53.0 Å². The molecule has 2 nitrogen and oxygen atoms in total. The zero-order valence-electron chi connectivity index (χ0n) is 12.0. The molecule has 0 atom stereocenters. The van der Waals surface area contributed by atoms with Gasteiger partial charge in [-0.3, -0.25) is 0 Å². The third-order valence-corrected chi connectivity index (χ3v) is 5.13. The minimum atomic E-state index is 0.698. The molecule has 0 radical (unpaired) electrons. The molecule has 3 heteroatoms. The minimum Gasteiger partial charge on any atom is -0.372 e. The molecule has 1 aromatic rings. The van der Waals surface area contributed by atoms with Crippen molar-refractivity contribution in [2.45, 2.75) is 45.1 Å². The van der Waals surface area contributed by atoms with Gasteiger partial charge in [-0.2, -0.15) is 0 Å². The largest absolute Gasteiger partial charge is 0.372 e. The van der Waals surface area contributed by atoms with Crippen LogP contribution in [0.5, 0.6) is 0 Å². The van der Waals surface area contributed by atoms with Crippen molar-refractivity contribution in [3.63, 3.8) is 0 Å². The zero-order chi connectivity index (χ0) is 13.8. The number of rotatable bonds is 4. The second kappa shape index (κ2) is 6.76. The molecule has 0 amide bonds. The van der Waals surface area contributed by atoms with Crippen molar-refractivity contribution >= 4 is 21.6 Å². The third-order valence-electron chi connectivity index (χ3n) is 4.39. The topological polar surface area (TPSA) is 29.3 Å². The highest BCUT2D eigenvalue weighted by Gasteiger charge is 2.22. The Morgan fingerprint density at radius 3 is 2.53 bits per heavy atom. The molecular formula is C16H25BrN2. The summed E-state index contributed by atoms with van der Waals surface area (Å²) >= 11 is 3.67. The molecule has 1 aliphatic rings. The van der Waals surface area contributed by atoms with Crippen molar-refractivity contribution in [2.24, 2.45) is 11.7 Å². The second-order valence-corrected chi connectivity index (χ2v) is 6.69. The first-order chi connectivity index (χ1) is 9.11. The van der Waals surface area contributed by atoms with E-state index in [4.69, 9.17) is 5.73 Å². The summed E-state index contributed by atoms with van der Waals surface area (Å²) in [6.45, 7) is 3.07. The van der Waals surface area contributed by atoms with Crippen LogP contribution < -0.4 is 10.6 Å². The lowest BCUT2D eigenvalue weighted by atomic mass is 9.86. The van der Waals surface area contributed by atoms with Crippen molar-refractivity contribution < 1.29 is 0 Å². The highest BCUT2D eigenvalue weighted by Crippen LogP contribution is 2.31. The number of hydrogen-bond acceptors (Lipinski definition) is 2. The Balaban J connectivity index is 2.06. The monoisotopic (exact) mass is 324 g/mol. The van der Waals surface area contributed by atoms with E-state index in [-0.39, 0.29) is 0 Å². The highest BCUT2D eigenvalue weighted by atomic mass is 79.9. The fourth-order valence-corrected chi connectivity index (χ4v) is 3.52. The summed E-state index contributed by atoms with van der Waals surface area (Å²) < 4.78 is 1.19. The number of anilines is 1. The van der Waals surface area contributed by atoms with Gasteiger partial charge in [0.05, 0.1) is 0 Å². The quantitative estimate of drug-likeness (QED) is 0.908. The first kappa shape index (κ1) is 14.9. The van der Waals surface area contributed by atoms with E-state index in [1.54, 1.807) is 0 Å². The van der Waals surface area contributed by atoms with Crippen molar-refractivity contribution in [3.8, 4) is 0 Å². The number of halogens is 1. The molecule has 0 aromatic heterocycles. The van der Waals surface area contributed by atoms with E-state index >= 15 is 0 Å². The lowest BCUT2D eigenvalue weighted by Crippen LogP contribution is -2.34. The molecule has 1 saturated carbocycles. The first-order valence-electron chi connectivity index (χ1n) is 7.33. The standard InChI is InChI=1S/C16H25BrN2/c1-12-3-6-14(7-4-12)19(2)15-8-5-13(9-10-18)16(17)11-15/h5,8,11-12,14H,3-4,6-7,9-10,18H2,1-2H3. The third kappa shape index (κ3) is 3.73. The van der Waals surface area contributed by atoms with Crippen molar-refractivity contribution in [2.75, 3.05) is 18.5 Å². The normalized spacial score (nSPS) is 23.4. The van der Waals surface area contributed by atoms with Crippen molar-refractivity contribution in [3.05, 3.63) is 28.2 Å². The predicted octanol–water partition coefficient (Wildman–Crippen LogP) is 3.97. The lowest BCUT2D eigenvalue weighted by molar-refractivity contribution is 0.341. The van der Waals surface area contributed by atoms with Gasteiger partial charge in [0.25, 0.3) is 0 Å². The SMILES string of the molecule is CC1CCC(N(C)c2ccc(CCN)c(Br)c2)CC1. The summed E-state index contributed by atoms with van der Waals surface area (Å²) in [5.41, 5.74) is 8.24. The molecule has 106 valence electrons. The van der Waals surface area contributed by atoms with Crippen LogP contribution in [0.4, 0.5) is 5.69 Å². The van der Waals surface area contributed by atoms with Gasteiger partial charge in [-0.25, -0.2) is 0 Å². The second-order valence-electron chi connectivity index (χ2n) is 5.84. The summed E-state index contributed by atoms with van der Waals surface area (Å²) in [4.78, 5) is 2.45. The molecule has 1 aromatic carbocycles. The number of nitrogens with two attached hydrogens (primary N) is 1. The summed E-state index contributed by atoms with van der Waals surface area (Å²) in [5.74, 6) is 0.906. The Hall–Kier alpha value is -0.540. The fourth-order valence-electron chi connectivity index (χ4n) is 2.95. The van der Waals surface area contributed by atoms with Crippen LogP contribution in [0.2, 0.25) is 0 Å². The Morgan fingerprint density at radius 2 is 1.95 bits per heavy atom. The summed E-state index contributed by atoms with van der Waals surface area (Å²) in [6.07, 6.45) is 6.30. The van der Waals surface area contributed by atoms with Crippen LogP contribution in [-0.2, 0) is 6.42 Å². The molecule has 2 rings (SSSR count). The van der Waals surface area contributed by atoms with Crippen molar-refractivity contribution in [1.82, 2.24) is 0 Å². The van der Waals surface area contributed by atoms with E-state index in [9.17, 15) is 0 Å². The van der Waals surface area contributed by atoms with Gasteiger partial charge >= 0.3 is 0 Å². The van der Waals surface area contributed by atoms with E-state index in [0.717, 1.165) is 12.3 Å². The summed E-state index contributed by atoms with van der Waals surface area (Å²) in [6, 6.07) is 7.37. The van der Waals surface area contributed by atoms with E-state index in [1.807, 2.05) is 0 Å². The average molecular weight is 325 g/mol. The Morgan fingerprint density at radius 1 is 1.26 bits per heavy atom. The van der Waals surface area contributed by atoms with Crippen LogP contribution in [-0.4, -0.2) is 19.6 Å². The molecular weight excluding hydrogens is 300 g/mol. The lowest BCUT2D eigenvalue weighted by Gasteiger charge is -2.35. The average Bonchev–Trinajstić information content (AvgIpc) is 2.41. The Bertz CT molecular complexity index is 411. The zero-order valence-corrected chi connectivity index (χ0v) is 13.6. The molecule has 0 bridgehead atoms. The number of nitrogens with zero attached hydrogens (tertiary/aromatic N) is 1. The molecule has 1 fully saturated rings. The van der Waals surface area contributed by atoms with Gasteiger partial charge in [0.1, 0.15) is 0 Å². The van der Waals surface area contributed by atoms with Crippen LogP contribution in [0.25, 0.3) is 0 Å². The minimum absolute atomic E-state index is 0.698. The Labute approximate surface area is 125 Å². The number of hydrogen-bond donors (Lipinski definition) is 1. The van der Waals surface area contributed by atoms with Crippen LogP contribution in [0.15, 0.2) is 22.7 Å². The molecule has 0 spiro atoms. The predicted molar refractivity (Wildman–Crippen MR) is 86.7 cm³/mol. The highest BCUT2D eigenvalue weighted by molar-refractivity contribution is 9.10. The van der Waals surface area contributed by atoms with Crippen LogP contribution in [0, 0.1) is 5.92 Å². The van der Waals surface area contributed by atoms with Gasteiger partial charge in [0.2, 0.25) is 0 Å². The van der Waals surface area contributed by atoms with E-state index < -0.39 is 0 Å². The first-order valence-corrected chi connectivity index (χ1v) is 8.12. The van der Waals surface area contributed by atoms with Crippen molar-refractivity contribution in [1.29, 1.82) is 0 Å². The molecule has 0 unspecified atom stereocenters.